The van der Waals surface area contributed by atoms with Crippen molar-refractivity contribution >= 4 is 33.2 Å². The molecule has 1 heterocycles. The summed E-state index contributed by atoms with van der Waals surface area (Å²) in [6, 6.07) is 12.3. The highest BCUT2D eigenvalue weighted by atomic mass is 32.2. The zero-order valence-electron chi connectivity index (χ0n) is 14.9. The predicted octanol–water partition coefficient (Wildman–Crippen LogP) is 2.68. The second-order valence-electron chi connectivity index (χ2n) is 6.39. The first-order valence-electron chi connectivity index (χ1n) is 8.65. The molecule has 2 aromatic rings. The molecular formula is C19H21N3O4S. The molecule has 0 aromatic heterocycles. The van der Waals surface area contributed by atoms with Crippen LogP contribution in [0.25, 0.3) is 0 Å². The lowest BCUT2D eigenvalue weighted by atomic mass is 10.2. The fourth-order valence-electron chi connectivity index (χ4n) is 2.92. The Morgan fingerprint density at radius 2 is 1.44 bits per heavy atom. The molecule has 2 amide bonds. The van der Waals surface area contributed by atoms with Gasteiger partial charge in [0.2, 0.25) is 5.91 Å². The highest BCUT2D eigenvalue weighted by molar-refractivity contribution is 7.92. The highest BCUT2D eigenvalue weighted by Gasteiger charge is 2.20. The maximum Gasteiger partial charge on any atom is 0.261 e. The molecule has 0 unspecified atom stereocenters. The van der Waals surface area contributed by atoms with Gasteiger partial charge in [-0.2, -0.15) is 0 Å². The number of hydrogen-bond acceptors (Lipinski definition) is 4. The van der Waals surface area contributed by atoms with E-state index in [4.69, 9.17) is 0 Å². The molecule has 1 aliphatic heterocycles. The van der Waals surface area contributed by atoms with E-state index >= 15 is 0 Å². The number of rotatable bonds is 5. The van der Waals surface area contributed by atoms with Crippen LogP contribution in [0.5, 0.6) is 0 Å². The molecule has 0 spiro atoms. The SMILES string of the molecule is CC(=O)Nc1ccc(S(=O)(=O)Nc2ccc(C(=O)N3CCCC3)cc2)cc1. The van der Waals surface area contributed by atoms with Gasteiger partial charge < -0.3 is 10.2 Å². The van der Waals surface area contributed by atoms with Crippen LogP contribution >= 0.6 is 0 Å². The second kappa shape index (κ2) is 7.79. The number of sulfonamides is 1. The molecule has 1 saturated heterocycles. The second-order valence-corrected chi connectivity index (χ2v) is 8.07. The zero-order valence-corrected chi connectivity index (χ0v) is 15.8. The quantitative estimate of drug-likeness (QED) is 0.824. The highest BCUT2D eigenvalue weighted by Crippen LogP contribution is 2.20. The van der Waals surface area contributed by atoms with Gasteiger partial charge in [0.05, 0.1) is 4.90 Å². The van der Waals surface area contributed by atoms with Crippen LogP contribution in [0.2, 0.25) is 0 Å². The summed E-state index contributed by atoms with van der Waals surface area (Å²) in [5.74, 6) is -0.261. The van der Waals surface area contributed by atoms with Crippen LogP contribution in [0.1, 0.15) is 30.1 Å². The van der Waals surface area contributed by atoms with E-state index in [0.717, 1.165) is 25.9 Å². The summed E-state index contributed by atoms with van der Waals surface area (Å²) >= 11 is 0. The minimum absolute atomic E-state index is 0.0320. The van der Waals surface area contributed by atoms with Crippen LogP contribution in [0, 0.1) is 0 Å². The molecule has 27 heavy (non-hydrogen) atoms. The van der Waals surface area contributed by atoms with Crippen LogP contribution in [-0.4, -0.2) is 38.2 Å². The average molecular weight is 387 g/mol. The fraction of sp³-hybridized carbons (Fsp3) is 0.263. The lowest BCUT2D eigenvalue weighted by Gasteiger charge is -2.15. The Morgan fingerprint density at radius 1 is 0.889 bits per heavy atom. The van der Waals surface area contributed by atoms with Gasteiger partial charge in [0.1, 0.15) is 0 Å². The standard InChI is InChI=1S/C19H21N3O4S/c1-14(23)20-16-8-10-18(11-9-16)27(25,26)21-17-6-4-15(5-7-17)19(24)22-12-2-3-13-22/h4-11,21H,2-3,12-13H2,1H3,(H,20,23). The molecule has 0 radical (unpaired) electrons. The van der Waals surface area contributed by atoms with Crippen molar-refractivity contribution < 1.29 is 18.0 Å². The first-order chi connectivity index (χ1) is 12.8. The van der Waals surface area contributed by atoms with Crippen LogP contribution in [0.15, 0.2) is 53.4 Å². The molecule has 8 heteroatoms. The first-order valence-corrected chi connectivity index (χ1v) is 10.1. The molecule has 1 aliphatic rings. The van der Waals surface area contributed by atoms with Crippen molar-refractivity contribution in [1.82, 2.24) is 4.90 Å². The number of likely N-dealkylation sites (tertiary alicyclic amines) is 1. The van der Waals surface area contributed by atoms with Crippen molar-refractivity contribution in [2.24, 2.45) is 0 Å². The summed E-state index contributed by atoms with van der Waals surface area (Å²) in [5, 5.41) is 2.58. The third kappa shape index (κ3) is 4.65. The number of nitrogens with zero attached hydrogens (tertiary/aromatic N) is 1. The lowest BCUT2D eigenvalue weighted by Crippen LogP contribution is -2.27. The van der Waals surface area contributed by atoms with E-state index in [1.54, 1.807) is 29.2 Å². The molecule has 7 nitrogen and oxygen atoms in total. The summed E-state index contributed by atoms with van der Waals surface area (Å²) in [6.45, 7) is 2.91. The third-order valence-corrected chi connectivity index (χ3v) is 5.66. The number of carbonyl (C=O) groups excluding carboxylic acids is 2. The van der Waals surface area contributed by atoms with Gasteiger partial charge in [-0.05, 0) is 61.4 Å². The van der Waals surface area contributed by atoms with Gasteiger partial charge in [0.25, 0.3) is 15.9 Å². The Labute approximate surface area is 158 Å². The summed E-state index contributed by atoms with van der Waals surface area (Å²) in [6.07, 6.45) is 2.04. The molecule has 3 rings (SSSR count). The van der Waals surface area contributed by atoms with Gasteiger partial charge in [-0.15, -0.1) is 0 Å². The molecule has 142 valence electrons. The predicted molar refractivity (Wildman–Crippen MR) is 103 cm³/mol. The van der Waals surface area contributed by atoms with E-state index in [0.29, 0.717) is 16.9 Å². The molecule has 0 saturated carbocycles. The van der Waals surface area contributed by atoms with E-state index in [1.165, 1.54) is 31.2 Å². The lowest BCUT2D eigenvalue weighted by molar-refractivity contribution is -0.114. The molecule has 0 atom stereocenters. The van der Waals surface area contributed by atoms with Crippen LogP contribution in [0.4, 0.5) is 11.4 Å². The maximum absolute atomic E-state index is 12.5. The molecule has 0 aliphatic carbocycles. The zero-order chi connectivity index (χ0) is 19.4. The first kappa shape index (κ1) is 18.9. The van der Waals surface area contributed by atoms with E-state index in [9.17, 15) is 18.0 Å². The van der Waals surface area contributed by atoms with E-state index < -0.39 is 10.0 Å². The summed E-state index contributed by atoms with van der Waals surface area (Å²) in [5.41, 5.74) is 1.43. The third-order valence-electron chi connectivity index (χ3n) is 4.26. The number of benzene rings is 2. The van der Waals surface area contributed by atoms with Crippen molar-refractivity contribution in [2.75, 3.05) is 23.1 Å². The number of anilines is 2. The summed E-state index contributed by atoms with van der Waals surface area (Å²) in [4.78, 5) is 25.2. The molecular weight excluding hydrogens is 366 g/mol. The molecule has 2 aromatic carbocycles. The van der Waals surface area contributed by atoms with Gasteiger partial charge in [-0.3, -0.25) is 14.3 Å². The fourth-order valence-corrected chi connectivity index (χ4v) is 3.98. The Hall–Kier alpha value is -2.87. The van der Waals surface area contributed by atoms with E-state index in [1.807, 2.05) is 0 Å². The summed E-state index contributed by atoms with van der Waals surface area (Å²) < 4.78 is 27.5. The number of carbonyl (C=O) groups is 2. The molecule has 2 N–H and O–H groups in total. The Kier molecular flexibility index (Phi) is 5.46. The van der Waals surface area contributed by atoms with Gasteiger partial charge in [0.15, 0.2) is 0 Å². The number of amides is 2. The van der Waals surface area contributed by atoms with E-state index in [2.05, 4.69) is 10.0 Å². The maximum atomic E-state index is 12.5. The van der Waals surface area contributed by atoms with Crippen molar-refractivity contribution in [3.05, 3.63) is 54.1 Å². The molecule has 0 bridgehead atoms. The van der Waals surface area contributed by atoms with Crippen LogP contribution < -0.4 is 10.0 Å². The normalized spacial score (nSPS) is 14.0. The minimum Gasteiger partial charge on any atom is -0.339 e. The monoisotopic (exact) mass is 387 g/mol. The Bertz CT molecular complexity index is 932. The van der Waals surface area contributed by atoms with Crippen molar-refractivity contribution in [2.45, 2.75) is 24.7 Å². The minimum atomic E-state index is -3.77. The molecule has 1 fully saturated rings. The van der Waals surface area contributed by atoms with Crippen LogP contribution in [-0.2, 0) is 14.8 Å². The van der Waals surface area contributed by atoms with Crippen molar-refractivity contribution in [3.63, 3.8) is 0 Å². The van der Waals surface area contributed by atoms with Gasteiger partial charge in [-0.25, -0.2) is 8.42 Å². The largest absolute Gasteiger partial charge is 0.339 e. The van der Waals surface area contributed by atoms with Gasteiger partial charge in [-0.1, -0.05) is 0 Å². The van der Waals surface area contributed by atoms with Crippen molar-refractivity contribution in [3.8, 4) is 0 Å². The average Bonchev–Trinajstić information content (AvgIpc) is 3.16. The van der Waals surface area contributed by atoms with Crippen LogP contribution in [0.3, 0.4) is 0 Å². The van der Waals surface area contributed by atoms with Gasteiger partial charge >= 0.3 is 0 Å². The summed E-state index contributed by atoms with van der Waals surface area (Å²) in [7, 11) is -3.77. The number of hydrogen-bond donors (Lipinski definition) is 2. The number of nitrogens with one attached hydrogen (secondary N) is 2. The Balaban J connectivity index is 1.70. The Morgan fingerprint density at radius 3 is 2.00 bits per heavy atom. The van der Waals surface area contributed by atoms with E-state index in [-0.39, 0.29) is 16.7 Å². The smallest absolute Gasteiger partial charge is 0.261 e. The topological polar surface area (TPSA) is 95.6 Å². The van der Waals surface area contributed by atoms with Gasteiger partial charge in [0, 0.05) is 37.0 Å². The van der Waals surface area contributed by atoms with Crippen molar-refractivity contribution in [1.29, 1.82) is 0 Å².